The molecule has 0 aliphatic carbocycles. The molecule has 0 amide bonds. The number of piperazine rings is 1. The number of hydrogen-bond donors (Lipinski definition) is 1. The molecule has 0 saturated carbocycles. The van der Waals surface area contributed by atoms with Gasteiger partial charge in [-0.3, -0.25) is 0 Å². The van der Waals surface area contributed by atoms with E-state index >= 15 is 0 Å². The van der Waals surface area contributed by atoms with E-state index in [9.17, 15) is 0 Å². The summed E-state index contributed by atoms with van der Waals surface area (Å²) in [6, 6.07) is 13.2. The lowest BCUT2D eigenvalue weighted by atomic mass is 10.2. The van der Waals surface area contributed by atoms with Crippen LogP contribution in [-0.2, 0) is 0 Å². The van der Waals surface area contributed by atoms with E-state index in [0.29, 0.717) is 11.5 Å². The van der Waals surface area contributed by atoms with Gasteiger partial charge in [0.1, 0.15) is 5.82 Å². The minimum atomic E-state index is 0.630. The third-order valence-electron chi connectivity index (χ3n) is 4.53. The normalized spacial score (nSPS) is 13.9. The SMILES string of the molecule is Cc1cc(Nc2ccc(C#N)cc2)nc(N2CCN(c3ncccn3)CC2)n1. The lowest BCUT2D eigenvalue weighted by Crippen LogP contribution is -2.47. The van der Waals surface area contributed by atoms with E-state index in [0.717, 1.165) is 49.3 Å². The lowest BCUT2D eigenvalue weighted by molar-refractivity contribution is 0.627. The summed E-state index contributed by atoms with van der Waals surface area (Å²) in [5.74, 6) is 2.21. The molecule has 1 fully saturated rings. The monoisotopic (exact) mass is 372 g/mol. The highest BCUT2D eigenvalue weighted by atomic mass is 15.4. The Bertz CT molecular complexity index is 973. The molecule has 1 aliphatic rings. The summed E-state index contributed by atoms with van der Waals surface area (Å²) in [6.45, 7) is 5.21. The molecule has 8 heteroatoms. The summed E-state index contributed by atoms with van der Waals surface area (Å²) in [5.41, 5.74) is 2.41. The predicted molar refractivity (Wildman–Crippen MR) is 108 cm³/mol. The zero-order valence-electron chi connectivity index (χ0n) is 15.6. The Kier molecular flexibility index (Phi) is 4.97. The van der Waals surface area contributed by atoms with Crippen molar-refractivity contribution in [2.45, 2.75) is 6.92 Å². The van der Waals surface area contributed by atoms with Gasteiger partial charge >= 0.3 is 0 Å². The van der Waals surface area contributed by atoms with Crippen molar-refractivity contribution in [1.82, 2.24) is 19.9 Å². The molecule has 0 radical (unpaired) electrons. The van der Waals surface area contributed by atoms with E-state index < -0.39 is 0 Å². The number of aryl methyl sites for hydroxylation is 1. The molecular formula is C20H20N8. The summed E-state index contributed by atoms with van der Waals surface area (Å²) in [7, 11) is 0. The van der Waals surface area contributed by atoms with Crippen LogP contribution in [0.4, 0.5) is 23.4 Å². The van der Waals surface area contributed by atoms with Crippen LogP contribution in [-0.4, -0.2) is 46.1 Å². The highest BCUT2D eigenvalue weighted by Crippen LogP contribution is 2.20. The molecule has 0 bridgehead atoms. The molecule has 1 saturated heterocycles. The van der Waals surface area contributed by atoms with E-state index in [1.807, 2.05) is 31.2 Å². The Morgan fingerprint density at radius 1 is 0.929 bits per heavy atom. The van der Waals surface area contributed by atoms with Crippen LogP contribution in [0.25, 0.3) is 0 Å². The fourth-order valence-electron chi connectivity index (χ4n) is 3.10. The number of nitriles is 1. The molecular weight excluding hydrogens is 352 g/mol. The van der Waals surface area contributed by atoms with Gasteiger partial charge in [0, 0.05) is 56.0 Å². The minimum Gasteiger partial charge on any atom is -0.340 e. The molecule has 2 aromatic heterocycles. The number of aromatic nitrogens is 4. The first-order chi connectivity index (χ1) is 13.7. The van der Waals surface area contributed by atoms with Gasteiger partial charge in [-0.15, -0.1) is 0 Å². The van der Waals surface area contributed by atoms with Crippen LogP contribution < -0.4 is 15.1 Å². The number of nitrogens with one attached hydrogen (secondary N) is 1. The Hall–Kier alpha value is -3.73. The van der Waals surface area contributed by atoms with Gasteiger partial charge in [0.2, 0.25) is 11.9 Å². The van der Waals surface area contributed by atoms with Crippen LogP contribution in [0.3, 0.4) is 0 Å². The van der Waals surface area contributed by atoms with Gasteiger partial charge < -0.3 is 15.1 Å². The molecule has 0 spiro atoms. The first-order valence-electron chi connectivity index (χ1n) is 9.11. The summed E-state index contributed by atoms with van der Waals surface area (Å²) in [5, 5.41) is 12.2. The van der Waals surface area contributed by atoms with Crippen molar-refractivity contribution in [1.29, 1.82) is 5.26 Å². The maximum absolute atomic E-state index is 8.92. The smallest absolute Gasteiger partial charge is 0.227 e. The number of rotatable bonds is 4. The fourth-order valence-corrected chi connectivity index (χ4v) is 3.10. The second kappa shape index (κ2) is 7.88. The number of hydrogen-bond acceptors (Lipinski definition) is 8. The molecule has 3 aromatic rings. The van der Waals surface area contributed by atoms with Gasteiger partial charge in [-0.1, -0.05) is 0 Å². The molecule has 1 aromatic carbocycles. The maximum atomic E-state index is 8.92. The average Bonchev–Trinajstić information content (AvgIpc) is 2.75. The van der Waals surface area contributed by atoms with Crippen molar-refractivity contribution in [2.75, 3.05) is 41.3 Å². The van der Waals surface area contributed by atoms with Crippen LogP contribution in [0.1, 0.15) is 11.3 Å². The zero-order valence-corrected chi connectivity index (χ0v) is 15.6. The van der Waals surface area contributed by atoms with E-state index in [2.05, 4.69) is 41.1 Å². The number of nitrogens with zero attached hydrogens (tertiary/aromatic N) is 7. The number of benzene rings is 1. The van der Waals surface area contributed by atoms with E-state index in [4.69, 9.17) is 5.26 Å². The summed E-state index contributed by atoms with van der Waals surface area (Å²) in [6.07, 6.45) is 3.53. The summed E-state index contributed by atoms with van der Waals surface area (Å²) in [4.78, 5) is 22.3. The third-order valence-corrected chi connectivity index (χ3v) is 4.53. The van der Waals surface area contributed by atoms with Crippen LogP contribution in [0.15, 0.2) is 48.8 Å². The second-order valence-corrected chi connectivity index (χ2v) is 6.53. The van der Waals surface area contributed by atoms with Crippen molar-refractivity contribution in [3.8, 4) is 6.07 Å². The topological polar surface area (TPSA) is 93.9 Å². The highest BCUT2D eigenvalue weighted by molar-refractivity contribution is 5.59. The Morgan fingerprint density at radius 3 is 2.21 bits per heavy atom. The predicted octanol–water partition coefficient (Wildman–Crippen LogP) is 2.52. The highest BCUT2D eigenvalue weighted by Gasteiger charge is 2.21. The molecule has 8 nitrogen and oxygen atoms in total. The molecule has 140 valence electrons. The van der Waals surface area contributed by atoms with Crippen molar-refractivity contribution in [3.05, 3.63) is 60.0 Å². The standard InChI is InChI=1S/C20H20N8/c1-15-13-18(25-17-5-3-16(14-21)4-6-17)26-20(24-15)28-11-9-27(10-12-28)19-22-7-2-8-23-19/h2-8,13H,9-12H2,1H3,(H,24,25,26). The molecule has 3 heterocycles. The zero-order chi connectivity index (χ0) is 19.3. The summed E-state index contributed by atoms with van der Waals surface area (Å²) >= 11 is 0. The molecule has 1 N–H and O–H groups in total. The Morgan fingerprint density at radius 2 is 1.57 bits per heavy atom. The lowest BCUT2D eigenvalue weighted by Gasteiger charge is -2.34. The molecule has 0 atom stereocenters. The van der Waals surface area contributed by atoms with E-state index in [1.54, 1.807) is 24.5 Å². The van der Waals surface area contributed by atoms with E-state index in [1.165, 1.54) is 0 Å². The average molecular weight is 372 g/mol. The van der Waals surface area contributed by atoms with Gasteiger partial charge in [-0.25, -0.2) is 15.0 Å². The Balaban J connectivity index is 1.46. The van der Waals surface area contributed by atoms with Gasteiger partial charge in [0.05, 0.1) is 11.6 Å². The van der Waals surface area contributed by atoms with Gasteiger partial charge in [-0.2, -0.15) is 10.2 Å². The molecule has 28 heavy (non-hydrogen) atoms. The quantitative estimate of drug-likeness (QED) is 0.747. The maximum Gasteiger partial charge on any atom is 0.227 e. The summed E-state index contributed by atoms with van der Waals surface area (Å²) < 4.78 is 0. The van der Waals surface area contributed by atoms with Gasteiger partial charge in [0.25, 0.3) is 0 Å². The van der Waals surface area contributed by atoms with Crippen molar-refractivity contribution in [2.24, 2.45) is 0 Å². The molecule has 1 aliphatic heterocycles. The van der Waals surface area contributed by atoms with Crippen molar-refractivity contribution in [3.63, 3.8) is 0 Å². The fraction of sp³-hybridized carbons (Fsp3) is 0.250. The Labute approximate surface area is 163 Å². The van der Waals surface area contributed by atoms with E-state index in [-0.39, 0.29) is 0 Å². The minimum absolute atomic E-state index is 0.630. The van der Waals surface area contributed by atoms with Crippen molar-refractivity contribution < 1.29 is 0 Å². The first-order valence-corrected chi connectivity index (χ1v) is 9.11. The molecule has 0 unspecified atom stereocenters. The number of anilines is 4. The second-order valence-electron chi connectivity index (χ2n) is 6.53. The third kappa shape index (κ3) is 3.99. The largest absolute Gasteiger partial charge is 0.340 e. The van der Waals surface area contributed by atoms with Gasteiger partial charge in [0.15, 0.2) is 0 Å². The molecule has 4 rings (SSSR count). The van der Waals surface area contributed by atoms with Gasteiger partial charge in [-0.05, 0) is 37.3 Å². The van der Waals surface area contributed by atoms with Crippen LogP contribution in [0.2, 0.25) is 0 Å². The van der Waals surface area contributed by atoms with Crippen LogP contribution in [0.5, 0.6) is 0 Å². The van der Waals surface area contributed by atoms with Crippen LogP contribution in [0, 0.1) is 18.3 Å². The van der Waals surface area contributed by atoms with Crippen LogP contribution >= 0.6 is 0 Å². The first kappa shape index (κ1) is 17.7. The van der Waals surface area contributed by atoms with Crippen molar-refractivity contribution >= 4 is 23.4 Å².